The second-order valence-corrected chi connectivity index (χ2v) is 6.93. The summed E-state index contributed by atoms with van der Waals surface area (Å²) in [5.41, 5.74) is 2.57. The number of likely N-dealkylation sites (tertiary alicyclic amines) is 1. The Bertz CT molecular complexity index is 804. The molecule has 2 aliphatic heterocycles. The summed E-state index contributed by atoms with van der Waals surface area (Å²) in [5, 5.41) is 3.32. The van der Waals surface area contributed by atoms with Gasteiger partial charge in [-0.15, -0.1) is 0 Å². The first kappa shape index (κ1) is 16.7. The molecule has 2 aliphatic rings. The average Bonchev–Trinajstić information content (AvgIpc) is 3.31. The van der Waals surface area contributed by atoms with Crippen molar-refractivity contribution in [2.75, 3.05) is 39.3 Å². The van der Waals surface area contributed by atoms with Gasteiger partial charge in [-0.1, -0.05) is 0 Å². The lowest BCUT2D eigenvalue weighted by Crippen LogP contribution is -2.34. The van der Waals surface area contributed by atoms with E-state index in [4.69, 9.17) is 9.47 Å². The molecule has 2 aromatic rings. The Hall–Kier alpha value is -2.73. The zero-order valence-corrected chi connectivity index (χ0v) is 15.1. The SMILES string of the molecule is CN(C)C1CCN(C(=O)c2ccc(Nc3ccc4c(c3)OCO4)cc2)C1. The number of likely N-dealkylation sites (N-methyl/N-ethyl adjacent to an activating group) is 1. The summed E-state index contributed by atoms with van der Waals surface area (Å²) < 4.78 is 10.7. The van der Waals surface area contributed by atoms with Crippen LogP contribution in [0.2, 0.25) is 0 Å². The molecular formula is C20H23N3O3. The summed E-state index contributed by atoms with van der Waals surface area (Å²) in [7, 11) is 4.13. The molecule has 0 aromatic heterocycles. The van der Waals surface area contributed by atoms with Crippen LogP contribution < -0.4 is 14.8 Å². The minimum Gasteiger partial charge on any atom is -0.454 e. The molecular weight excluding hydrogens is 330 g/mol. The average molecular weight is 353 g/mol. The monoisotopic (exact) mass is 353 g/mol. The fourth-order valence-corrected chi connectivity index (χ4v) is 3.37. The Morgan fingerprint density at radius 1 is 1.08 bits per heavy atom. The summed E-state index contributed by atoms with van der Waals surface area (Å²) >= 11 is 0. The molecule has 1 fully saturated rings. The summed E-state index contributed by atoms with van der Waals surface area (Å²) in [6, 6.07) is 13.8. The number of nitrogens with one attached hydrogen (secondary N) is 1. The van der Waals surface area contributed by atoms with Gasteiger partial charge in [-0.2, -0.15) is 0 Å². The van der Waals surface area contributed by atoms with Gasteiger partial charge < -0.3 is 24.6 Å². The van der Waals surface area contributed by atoms with E-state index in [0.29, 0.717) is 6.04 Å². The minimum absolute atomic E-state index is 0.101. The molecule has 6 nitrogen and oxygen atoms in total. The number of fused-ring (bicyclic) bond motifs is 1. The first-order valence-corrected chi connectivity index (χ1v) is 8.82. The largest absolute Gasteiger partial charge is 0.454 e. The highest BCUT2D eigenvalue weighted by molar-refractivity contribution is 5.94. The summed E-state index contributed by atoms with van der Waals surface area (Å²) in [5.74, 6) is 1.60. The third-order valence-electron chi connectivity index (χ3n) is 4.97. The highest BCUT2D eigenvalue weighted by Gasteiger charge is 2.27. The van der Waals surface area contributed by atoms with E-state index in [1.54, 1.807) is 0 Å². The molecule has 2 aromatic carbocycles. The molecule has 26 heavy (non-hydrogen) atoms. The van der Waals surface area contributed by atoms with Gasteiger partial charge in [0.15, 0.2) is 11.5 Å². The van der Waals surface area contributed by atoms with Crippen LogP contribution in [0, 0.1) is 0 Å². The number of ether oxygens (including phenoxy) is 2. The first-order valence-electron chi connectivity index (χ1n) is 8.82. The van der Waals surface area contributed by atoms with Gasteiger partial charge in [0, 0.05) is 42.1 Å². The lowest BCUT2D eigenvalue weighted by Gasteiger charge is -2.20. The number of carbonyl (C=O) groups is 1. The van der Waals surface area contributed by atoms with Crippen LogP contribution >= 0.6 is 0 Å². The van der Waals surface area contributed by atoms with Crippen molar-refractivity contribution in [3.05, 3.63) is 48.0 Å². The molecule has 1 unspecified atom stereocenters. The Labute approximate surface area is 153 Å². The van der Waals surface area contributed by atoms with Crippen molar-refractivity contribution < 1.29 is 14.3 Å². The maximum Gasteiger partial charge on any atom is 0.253 e. The first-order chi connectivity index (χ1) is 12.6. The summed E-state index contributed by atoms with van der Waals surface area (Å²) in [6.45, 7) is 1.88. The van der Waals surface area contributed by atoms with Crippen molar-refractivity contribution in [3.63, 3.8) is 0 Å². The molecule has 0 saturated carbocycles. The van der Waals surface area contributed by atoms with Crippen LogP contribution in [0.5, 0.6) is 11.5 Å². The quantitative estimate of drug-likeness (QED) is 0.916. The van der Waals surface area contributed by atoms with E-state index in [1.165, 1.54) is 0 Å². The van der Waals surface area contributed by atoms with E-state index in [-0.39, 0.29) is 12.7 Å². The molecule has 1 atom stereocenters. The number of anilines is 2. The normalized spacial score (nSPS) is 18.4. The van der Waals surface area contributed by atoms with Crippen LogP contribution in [-0.2, 0) is 0 Å². The molecule has 4 rings (SSSR count). The van der Waals surface area contributed by atoms with E-state index in [9.17, 15) is 4.79 Å². The number of rotatable bonds is 4. The molecule has 136 valence electrons. The predicted octanol–water partition coefficient (Wildman–Crippen LogP) is 2.94. The smallest absolute Gasteiger partial charge is 0.253 e. The number of hydrogen-bond acceptors (Lipinski definition) is 5. The Morgan fingerprint density at radius 2 is 1.81 bits per heavy atom. The second-order valence-electron chi connectivity index (χ2n) is 6.93. The van der Waals surface area contributed by atoms with Crippen LogP contribution in [0.4, 0.5) is 11.4 Å². The zero-order valence-electron chi connectivity index (χ0n) is 15.1. The number of benzene rings is 2. The molecule has 0 radical (unpaired) electrons. The summed E-state index contributed by atoms with van der Waals surface area (Å²) in [4.78, 5) is 16.8. The van der Waals surface area contributed by atoms with Crippen molar-refractivity contribution >= 4 is 17.3 Å². The topological polar surface area (TPSA) is 54.0 Å². The minimum atomic E-state index is 0.101. The predicted molar refractivity (Wildman–Crippen MR) is 100 cm³/mol. The zero-order chi connectivity index (χ0) is 18.1. The molecule has 0 aliphatic carbocycles. The van der Waals surface area contributed by atoms with Crippen molar-refractivity contribution in [1.82, 2.24) is 9.80 Å². The van der Waals surface area contributed by atoms with Gasteiger partial charge in [0.2, 0.25) is 6.79 Å². The third kappa shape index (κ3) is 3.32. The highest BCUT2D eigenvalue weighted by atomic mass is 16.7. The maximum atomic E-state index is 12.7. The van der Waals surface area contributed by atoms with Crippen molar-refractivity contribution in [2.24, 2.45) is 0 Å². The van der Waals surface area contributed by atoms with E-state index in [2.05, 4.69) is 24.3 Å². The number of hydrogen-bond donors (Lipinski definition) is 1. The van der Waals surface area contributed by atoms with Crippen molar-refractivity contribution in [3.8, 4) is 11.5 Å². The van der Waals surface area contributed by atoms with Gasteiger partial charge in [-0.05, 0) is 56.9 Å². The lowest BCUT2D eigenvalue weighted by molar-refractivity contribution is 0.0783. The second kappa shape index (κ2) is 6.88. The molecule has 0 spiro atoms. The fraction of sp³-hybridized carbons (Fsp3) is 0.350. The molecule has 2 heterocycles. The van der Waals surface area contributed by atoms with E-state index < -0.39 is 0 Å². The lowest BCUT2D eigenvalue weighted by atomic mass is 10.1. The van der Waals surface area contributed by atoms with Crippen LogP contribution in [0.1, 0.15) is 16.8 Å². The van der Waals surface area contributed by atoms with Crippen molar-refractivity contribution in [1.29, 1.82) is 0 Å². The van der Waals surface area contributed by atoms with Gasteiger partial charge >= 0.3 is 0 Å². The number of amides is 1. The van der Waals surface area contributed by atoms with Gasteiger partial charge in [0.1, 0.15) is 0 Å². The molecule has 6 heteroatoms. The summed E-state index contributed by atoms with van der Waals surface area (Å²) in [6.07, 6.45) is 1.03. The van der Waals surface area contributed by atoms with Crippen molar-refractivity contribution in [2.45, 2.75) is 12.5 Å². The van der Waals surface area contributed by atoms with E-state index >= 15 is 0 Å². The standard InChI is InChI=1S/C20H23N3O3/c1-22(2)17-9-10-23(12-17)20(24)14-3-5-15(6-4-14)21-16-7-8-18-19(11-16)26-13-25-18/h3-8,11,17,21H,9-10,12-13H2,1-2H3. The van der Waals surface area contributed by atoms with Crippen LogP contribution in [0.3, 0.4) is 0 Å². The maximum absolute atomic E-state index is 12.7. The molecule has 1 amide bonds. The number of carbonyl (C=O) groups excluding carboxylic acids is 1. The van der Waals surface area contributed by atoms with E-state index in [1.807, 2.05) is 47.4 Å². The Balaban J connectivity index is 1.41. The Kier molecular flexibility index (Phi) is 4.42. The van der Waals surface area contributed by atoms with Crippen LogP contribution in [-0.4, -0.2) is 55.7 Å². The number of nitrogens with zero attached hydrogens (tertiary/aromatic N) is 2. The van der Waals surface area contributed by atoms with Gasteiger partial charge in [-0.25, -0.2) is 0 Å². The van der Waals surface area contributed by atoms with Crippen LogP contribution in [0.15, 0.2) is 42.5 Å². The van der Waals surface area contributed by atoms with Gasteiger partial charge in [0.05, 0.1) is 0 Å². The van der Waals surface area contributed by atoms with Gasteiger partial charge in [-0.3, -0.25) is 4.79 Å². The van der Waals surface area contributed by atoms with Crippen LogP contribution in [0.25, 0.3) is 0 Å². The molecule has 0 bridgehead atoms. The Morgan fingerprint density at radius 3 is 2.54 bits per heavy atom. The van der Waals surface area contributed by atoms with E-state index in [0.717, 1.165) is 47.9 Å². The molecule has 1 N–H and O–H groups in total. The third-order valence-corrected chi connectivity index (χ3v) is 4.97. The fourth-order valence-electron chi connectivity index (χ4n) is 3.37. The highest BCUT2D eigenvalue weighted by Crippen LogP contribution is 2.35. The molecule has 1 saturated heterocycles. The van der Waals surface area contributed by atoms with Gasteiger partial charge in [0.25, 0.3) is 5.91 Å².